The van der Waals surface area contributed by atoms with E-state index in [0.717, 1.165) is 27.8 Å². The molecule has 0 bridgehead atoms. The number of aryl methyl sites for hydroxylation is 1. The molecule has 0 heterocycles. The highest BCUT2D eigenvalue weighted by Crippen LogP contribution is 2.27. The van der Waals surface area contributed by atoms with Crippen LogP contribution >= 0.6 is 0 Å². The summed E-state index contributed by atoms with van der Waals surface area (Å²) in [6.07, 6.45) is 3.45. The highest BCUT2D eigenvalue weighted by atomic mass is 16.3. The summed E-state index contributed by atoms with van der Waals surface area (Å²) < 4.78 is 0. The molecule has 0 aromatic heterocycles. The molecule has 0 radical (unpaired) electrons. The summed E-state index contributed by atoms with van der Waals surface area (Å²) in [6, 6.07) is 23.4. The number of nitrogens with zero attached hydrogens (tertiary/aromatic N) is 1. The first-order chi connectivity index (χ1) is 15.0. The van der Waals surface area contributed by atoms with Crippen LogP contribution < -0.4 is 5.32 Å². The highest BCUT2D eigenvalue weighted by Gasteiger charge is 2.15. The Bertz CT molecular complexity index is 1140. The van der Waals surface area contributed by atoms with Crippen LogP contribution in [0.4, 0.5) is 0 Å². The van der Waals surface area contributed by atoms with Gasteiger partial charge in [0.15, 0.2) is 5.84 Å². The van der Waals surface area contributed by atoms with E-state index in [-0.39, 0.29) is 11.6 Å². The molecule has 0 spiro atoms. The third-order valence-corrected chi connectivity index (χ3v) is 4.99. The van der Waals surface area contributed by atoms with Gasteiger partial charge in [0.1, 0.15) is 11.6 Å². The largest absolute Gasteiger partial charge is 0.508 e. The van der Waals surface area contributed by atoms with Gasteiger partial charge in [-0.2, -0.15) is 0 Å². The van der Waals surface area contributed by atoms with Crippen molar-refractivity contribution >= 4 is 11.7 Å². The van der Waals surface area contributed by atoms with Crippen molar-refractivity contribution in [1.82, 2.24) is 5.32 Å². The Morgan fingerprint density at radius 2 is 1.81 bits per heavy atom. The molecule has 0 aliphatic rings. The number of rotatable bonds is 6. The molecule has 3 N–H and O–H groups in total. The van der Waals surface area contributed by atoms with Crippen molar-refractivity contribution in [3.05, 3.63) is 114 Å². The smallest absolute Gasteiger partial charge is 0.153 e. The maximum Gasteiger partial charge on any atom is 0.153 e. The van der Waals surface area contributed by atoms with E-state index >= 15 is 0 Å². The predicted molar refractivity (Wildman–Crippen MR) is 130 cm³/mol. The van der Waals surface area contributed by atoms with E-state index in [1.807, 2.05) is 62.4 Å². The Balaban J connectivity index is 2.10. The minimum atomic E-state index is 0.137. The number of benzene rings is 3. The summed E-state index contributed by atoms with van der Waals surface area (Å²) in [5.41, 5.74) is 5.69. The summed E-state index contributed by atoms with van der Waals surface area (Å²) >= 11 is 0. The van der Waals surface area contributed by atoms with Crippen LogP contribution in [0.1, 0.15) is 23.6 Å². The first-order valence-corrected chi connectivity index (χ1v) is 10.2. The molecule has 0 aliphatic carbocycles. The number of amidine groups is 2. The monoisotopic (exact) mass is 409 g/mol. The van der Waals surface area contributed by atoms with Gasteiger partial charge in [-0.1, -0.05) is 79.4 Å². The van der Waals surface area contributed by atoms with Gasteiger partial charge in [-0.3, -0.25) is 5.41 Å². The van der Waals surface area contributed by atoms with Crippen LogP contribution in [0.25, 0.3) is 11.1 Å². The van der Waals surface area contributed by atoms with E-state index in [0.29, 0.717) is 18.0 Å². The van der Waals surface area contributed by atoms with Gasteiger partial charge in [-0.05, 0) is 48.2 Å². The Morgan fingerprint density at radius 3 is 2.48 bits per heavy atom. The Hall–Kier alpha value is -3.92. The quantitative estimate of drug-likeness (QED) is 0.265. The van der Waals surface area contributed by atoms with E-state index < -0.39 is 0 Å². The summed E-state index contributed by atoms with van der Waals surface area (Å²) in [5, 5.41) is 21.7. The molecule has 3 aromatic carbocycles. The van der Waals surface area contributed by atoms with Crippen LogP contribution in [-0.4, -0.2) is 16.8 Å². The first-order valence-electron chi connectivity index (χ1n) is 10.2. The number of nitrogens with one attached hydrogen (secondary N) is 2. The number of allylic oxidation sites excluding steroid dienone is 1. The van der Waals surface area contributed by atoms with Crippen molar-refractivity contribution in [2.75, 3.05) is 0 Å². The van der Waals surface area contributed by atoms with E-state index in [9.17, 15) is 5.11 Å². The molecule has 0 saturated heterocycles. The Morgan fingerprint density at radius 1 is 1.06 bits per heavy atom. The molecule has 0 aliphatic heterocycles. The van der Waals surface area contributed by atoms with Crippen molar-refractivity contribution < 1.29 is 5.11 Å². The molecular weight excluding hydrogens is 382 g/mol. The standard InChI is InChI=1S/C27H27N3O/c1-4-21(5-2)26(28)30-27(29-18-20-12-10-15-23(31)17-20)25-19(3)11-9-16-24(25)22-13-7-6-8-14-22/h4-17,31H,1,18H2,2-3H3,(H2,28,29,30)/b21-5+. The van der Waals surface area contributed by atoms with Crippen LogP contribution in [0.2, 0.25) is 0 Å². The minimum Gasteiger partial charge on any atom is -0.508 e. The SMILES string of the molecule is C=C/C(=C\C)C(=N)/N=C(/NCc1cccc(O)c1)c1c(C)cccc1-c1ccccc1. The number of aromatic hydroxyl groups is 1. The van der Waals surface area contributed by atoms with Crippen molar-refractivity contribution in [3.63, 3.8) is 0 Å². The molecule has 0 amide bonds. The van der Waals surface area contributed by atoms with Crippen molar-refractivity contribution in [2.45, 2.75) is 20.4 Å². The second-order valence-corrected chi connectivity index (χ2v) is 7.14. The van der Waals surface area contributed by atoms with E-state index in [2.05, 4.69) is 35.1 Å². The predicted octanol–water partition coefficient (Wildman–Crippen LogP) is 6.01. The molecule has 3 aromatic rings. The van der Waals surface area contributed by atoms with Gasteiger partial charge >= 0.3 is 0 Å². The van der Waals surface area contributed by atoms with E-state index in [4.69, 9.17) is 5.41 Å². The number of hydrogen-bond donors (Lipinski definition) is 3. The third kappa shape index (κ3) is 5.37. The summed E-state index contributed by atoms with van der Waals surface area (Å²) in [4.78, 5) is 4.66. The summed E-state index contributed by atoms with van der Waals surface area (Å²) in [5.74, 6) is 0.957. The Kier molecular flexibility index (Phi) is 7.17. The van der Waals surface area contributed by atoms with Gasteiger partial charge < -0.3 is 10.4 Å². The lowest BCUT2D eigenvalue weighted by molar-refractivity contribution is 0.474. The maximum atomic E-state index is 9.80. The zero-order chi connectivity index (χ0) is 22.2. The van der Waals surface area contributed by atoms with Gasteiger partial charge in [-0.25, -0.2) is 4.99 Å². The normalized spacial score (nSPS) is 11.8. The fourth-order valence-electron chi connectivity index (χ4n) is 3.40. The van der Waals surface area contributed by atoms with Crippen molar-refractivity contribution in [1.29, 1.82) is 5.41 Å². The maximum absolute atomic E-state index is 9.80. The van der Waals surface area contributed by atoms with Crippen LogP contribution in [0.5, 0.6) is 5.75 Å². The number of phenols is 1. The molecule has 3 rings (SSSR count). The second-order valence-electron chi connectivity index (χ2n) is 7.14. The average molecular weight is 410 g/mol. The van der Waals surface area contributed by atoms with Gasteiger partial charge in [-0.15, -0.1) is 0 Å². The van der Waals surface area contributed by atoms with E-state index in [1.165, 1.54) is 0 Å². The molecule has 0 atom stereocenters. The zero-order valence-electron chi connectivity index (χ0n) is 17.9. The van der Waals surface area contributed by atoms with E-state index in [1.54, 1.807) is 18.2 Å². The third-order valence-electron chi connectivity index (χ3n) is 4.99. The molecule has 4 nitrogen and oxygen atoms in total. The van der Waals surface area contributed by atoms with Gasteiger partial charge in [0.25, 0.3) is 0 Å². The van der Waals surface area contributed by atoms with Gasteiger partial charge in [0.2, 0.25) is 0 Å². The van der Waals surface area contributed by atoms with Gasteiger partial charge in [0, 0.05) is 17.7 Å². The molecule has 0 unspecified atom stereocenters. The fourth-order valence-corrected chi connectivity index (χ4v) is 3.40. The molecule has 156 valence electrons. The number of phenolic OH excluding ortho intramolecular Hbond substituents is 1. The van der Waals surface area contributed by atoms with Crippen LogP contribution in [0.15, 0.2) is 102 Å². The summed E-state index contributed by atoms with van der Waals surface area (Å²) in [7, 11) is 0. The van der Waals surface area contributed by atoms with Crippen LogP contribution in [-0.2, 0) is 6.54 Å². The summed E-state index contributed by atoms with van der Waals surface area (Å²) in [6.45, 7) is 8.16. The van der Waals surface area contributed by atoms with Gasteiger partial charge in [0.05, 0.1) is 0 Å². The average Bonchev–Trinajstić information content (AvgIpc) is 2.78. The lowest BCUT2D eigenvalue weighted by Gasteiger charge is -2.18. The topological polar surface area (TPSA) is 68.5 Å². The first kappa shape index (κ1) is 21.8. The molecule has 0 saturated carbocycles. The minimum absolute atomic E-state index is 0.137. The number of aliphatic imine (C=N–C) groups is 1. The molecule has 4 heteroatoms. The van der Waals surface area contributed by atoms with Crippen LogP contribution in [0.3, 0.4) is 0 Å². The molecular formula is C27H27N3O. The van der Waals surface area contributed by atoms with Crippen molar-refractivity contribution in [2.24, 2.45) is 4.99 Å². The lowest BCUT2D eigenvalue weighted by Crippen LogP contribution is -2.27. The number of hydrogen-bond acceptors (Lipinski definition) is 2. The second kappa shape index (κ2) is 10.2. The molecule has 31 heavy (non-hydrogen) atoms. The van der Waals surface area contributed by atoms with Crippen LogP contribution in [0, 0.1) is 12.3 Å². The molecule has 0 fully saturated rings. The Labute approximate surface area is 183 Å². The van der Waals surface area contributed by atoms with Crippen molar-refractivity contribution in [3.8, 4) is 16.9 Å². The zero-order valence-corrected chi connectivity index (χ0v) is 17.9. The highest BCUT2D eigenvalue weighted by molar-refractivity contribution is 6.14. The lowest BCUT2D eigenvalue weighted by atomic mass is 9.95. The fraction of sp³-hybridized carbons (Fsp3) is 0.111.